The molecule has 0 atom stereocenters. The second kappa shape index (κ2) is 3.11. The van der Waals surface area contributed by atoms with Crippen molar-refractivity contribution in [2.75, 3.05) is 12.3 Å². The summed E-state index contributed by atoms with van der Waals surface area (Å²) >= 11 is 0. The van der Waals surface area contributed by atoms with Gasteiger partial charge < -0.3 is 15.8 Å². The molecule has 13 heavy (non-hydrogen) atoms. The van der Waals surface area contributed by atoms with E-state index in [1.54, 1.807) is 0 Å². The van der Waals surface area contributed by atoms with Crippen LogP contribution in [0.15, 0.2) is 24.3 Å². The van der Waals surface area contributed by atoms with Gasteiger partial charge >= 0.3 is 0 Å². The van der Waals surface area contributed by atoms with Gasteiger partial charge in [-0.15, -0.1) is 0 Å². The third-order valence-electron chi connectivity index (χ3n) is 2.21. The SMILES string of the molecule is Nc1[nH]c2ccccc2c1CCO. The maximum atomic E-state index is 8.85. The molecular formula is C10H12N2O. The fourth-order valence-corrected chi connectivity index (χ4v) is 1.60. The molecule has 0 fully saturated rings. The van der Waals surface area contributed by atoms with E-state index in [4.69, 9.17) is 10.8 Å². The zero-order valence-electron chi connectivity index (χ0n) is 7.25. The number of aromatic amines is 1. The van der Waals surface area contributed by atoms with Crippen molar-refractivity contribution in [2.45, 2.75) is 6.42 Å². The van der Waals surface area contributed by atoms with Crippen LogP contribution in [0.3, 0.4) is 0 Å². The molecule has 1 heterocycles. The molecule has 2 aromatic rings. The van der Waals surface area contributed by atoms with Gasteiger partial charge in [0.05, 0.1) is 0 Å². The summed E-state index contributed by atoms with van der Waals surface area (Å²) in [5.74, 6) is 0.662. The van der Waals surface area contributed by atoms with E-state index >= 15 is 0 Å². The van der Waals surface area contributed by atoms with Crippen LogP contribution >= 0.6 is 0 Å². The molecule has 2 rings (SSSR count). The van der Waals surface area contributed by atoms with Crippen molar-refractivity contribution in [1.29, 1.82) is 0 Å². The molecule has 0 spiro atoms. The van der Waals surface area contributed by atoms with Crippen LogP contribution in [0.5, 0.6) is 0 Å². The Morgan fingerprint density at radius 2 is 2.08 bits per heavy atom. The van der Waals surface area contributed by atoms with Crippen molar-refractivity contribution in [3.63, 3.8) is 0 Å². The first kappa shape index (κ1) is 8.13. The van der Waals surface area contributed by atoms with Crippen LogP contribution in [0.25, 0.3) is 10.9 Å². The Bertz CT molecular complexity index is 420. The monoisotopic (exact) mass is 176 g/mol. The number of H-pyrrole nitrogens is 1. The largest absolute Gasteiger partial charge is 0.396 e. The minimum atomic E-state index is 0.131. The average Bonchev–Trinajstić information content (AvgIpc) is 2.44. The fraction of sp³-hybridized carbons (Fsp3) is 0.200. The Hall–Kier alpha value is -1.48. The molecule has 0 aliphatic carbocycles. The number of rotatable bonds is 2. The molecule has 0 bridgehead atoms. The van der Waals surface area contributed by atoms with Gasteiger partial charge in [-0.25, -0.2) is 0 Å². The first-order valence-electron chi connectivity index (χ1n) is 4.29. The van der Waals surface area contributed by atoms with Crippen molar-refractivity contribution in [3.8, 4) is 0 Å². The van der Waals surface area contributed by atoms with E-state index in [1.165, 1.54) is 0 Å². The number of hydrogen-bond acceptors (Lipinski definition) is 2. The molecule has 3 nitrogen and oxygen atoms in total. The van der Waals surface area contributed by atoms with E-state index in [9.17, 15) is 0 Å². The number of nitrogens with two attached hydrogens (primary N) is 1. The molecule has 0 unspecified atom stereocenters. The summed E-state index contributed by atoms with van der Waals surface area (Å²) in [7, 11) is 0. The number of benzene rings is 1. The van der Waals surface area contributed by atoms with E-state index in [0.717, 1.165) is 16.5 Å². The van der Waals surface area contributed by atoms with E-state index in [0.29, 0.717) is 12.2 Å². The van der Waals surface area contributed by atoms with Crippen LogP contribution in [0.1, 0.15) is 5.56 Å². The number of nitrogen functional groups attached to an aromatic ring is 1. The Morgan fingerprint density at radius 3 is 2.85 bits per heavy atom. The Balaban J connectivity index is 2.64. The lowest BCUT2D eigenvalue weighted by molar-refractivity contribution is 0.300. The number of fused-ring (bicyclic) bond motifs is 1. The zero-order chi connectivity index (χ0) is 9.26. The molecule has 0 aliphatic heterocycles. The number of aliphatic hydroxyl groups excluding tert-OH is 1. The Kier molecular flexibility index (Phi) is 1.94. The standard InChI is InChI=1S/C10H12N2O/c11-10-8(5-6-13)7-3-1-2-4-9(7)12-10/h1-4,12-13H,5-6,11H2. The number of aliphatic hydroxyl groups is 1. The van der Waals surface area contributed by atoms with Gasteiger partial charge in [-0.3, -0.25) is 0 Å². The van der Waals surface area contributed by atoms with Crippen LogP contribution in [-0.4, -0.2) is 16.7 Å². The number of hydrogen-bond donors (Lipinski definition) is 3. The molecule has 0 saturated heterocycles. The van der Waals surface area contributed by atoms with Crippen molar-refractivity contribution in [3.05, 3.63) is 29.8 Å². The molecule has 1 aromatic heterocycles. The zero-order valence-corrected chi connectivity index (χ0v) is 7.25. The maximum absolute atomic E-state index is 8.85. The van der Waals surface area contributed by atoms with Crippen molar-refractivity contribution in [2.24, 2.45) is 0 Å². The molecule has 3 heteroatoms. The lowest BCUT2D eigenvalue weighted by Crippen LogP contribution is -1.94. The number of aromatic nitrogens is 1. The van der Waals surface area contributed by atoms with Crippen LogP contribution in [0.4, 0.5) is 5.82 Å². The van der Waals surface area contributed by atoms with Crippen LogP contribution < -0.4 is 5.73 Å². The summed E-state index contributed by atoms with van der Waals surface area (Å²) in [4.78, 5) is 3.08. The third kappa shape index (κ3) is 1.27. The van der Waals surface area contributed by atoms with Gasteiger partial charge in [-0.05, 0) is 12.5 Å². The second-order valence-electron chi connectivity index (χ2n) is 3.04. The van der Waals surface area contributed by atoms with E-state index < -0.39 is 0 Å². The quantitative estimate of drug-likeness (QED) is 0.645. The predicted molar refractivity (Wildman–Crippen MR) is 53.5 cm³/mol. The highest BCUT2D eigenvalue weighted by Gasteiger charge is 2.06. The van der Waals surface area contributed by atoms with Gasteiger partial charge in [0, 0.05) is 23.1 Å². The summed E-state index contributed by atoms with van der Waals surface area (Å²) < 4.78 is 0. The molecule has 0 radical (unpaired) electrons. The molecule has 0 amide bonds. The number of para-hydroxylation sites is 1. The highest BCUT2D eigenvalue weighted by molar-refractivity contribution is 5.88. The van der Waals surface area contributed by atoms with Crippen LogP contribution in [-0.2, 0) is 6.42 Å². The molecule has 0 saturated carbocycles. The smallest absolute Gasteiger partial charge is 0.105 e. The van der Waals surface area contributed by atoms with E-state index in [1.807, 2.05) is 24.3 Å². The summed E-state index contributed by atoms with van der Waals surface area (Å²) in [6.45, 7) is 0.131. The fourth-order valence-electron chi connectivity index (χ4n) is 1.60. The summed E-state index contributed by atoms with van der Waals surface area (Å²) in [6, 6.07) is 7.91. The van der Waals surface area contributed by atoms with Gasteiger partial charge in [0.15, 0.2) is 0 Å². The van der Waals surface area contributed by atoms with E-state index in [-0.39, 0.29) is 6.61 Å². The first-order chi connectivity index (χ1) is 6.33. The first-order valence-corrected chi connectivity index (χ1v) is 4.29. The minimum absolute atomic E-state index is 0.131. The molecular weight excluding hydrogens is 164 g/mol. The lowest BCUT2D eigenvalue weighted by Gasteiger charge is -1.96. The normalized spacial score (nSPS) is 10.8. The topological polar surface area (TPSA) is 62.0 Å². The van der Waals surface area contributed by atoms with Gasteiger partial charge in [-0.2, -0.15) is 0 Å². The van der Waals surface area contributed by atoms with Gasteiger partial charge in [0.25, 0.3) is 0 Å². The van der Waals surface area contributed by atoms with Gasteiger partial charge in [0.1, 0.15) is 5.82 Å². The minimum Gasteiger partial charge on any atom is -0.396 e. The third-order valence-corrected chi connectivity index (χ3v) is 2.21. The Labute approximate surface area is 76.2 Å². The Morgan fingerprint density at radius 1 is 1.31 bits per heavy atom. The summed E-state index contributed by atoms with van der Waals surface area (Å²) in [6.07, 6.45) is 0.607. The predicted octanol–water partition coefficient (Wildman–Crippen LogP) is 1.28. The summed E-state index contributed by atoms with van der Waals surface area (Å²) in [5.41, 5.74) is 7.82. The van der Waals surface area contributed by atoms with Crippen LogP contribution in [0.2, 0.25) is 0 Å². The van der Waals surface area contributed by atoms with Crippen molar-refractivity contribution < 1.29 is 5.11 Å². The highest BCUT2D eigenvalue weighted by atomic mass is 16.2. The van der Waals surface area contributed by atoms with Crippen LogP contribution in [0, 0.1) is 0 Å². The molecule has 1 aromatic carbocycles. The van der Waals surface area contributed by atoms with Crippen molar-refractivity contribution >= 4 is 16.7 Å². The maximum Gasteiger partial charge on any atom is 0.105 e. The highest BCUT2D eigenvalue weighted by Crippen LogP contribution is 2.23. The number of nitrogens with one attached hydrogen (secondary N) is 1. The molecule has 0 aliphatic rings. The number of anilines is 1. The van der Waals surface area contributed by atoms with Crippen molar-refractivity contribution in [1.82, 2.24) is 4.98 Å². The van der Waals surface area contributed by atoms with Gasteiger partial charge in [-0.1, -0.05) is 18.2 Å². The molecule has 68 valence electrons. The molecule has 4 N–H and O–H groups in total. The second-order valence-corrected chi connectivity index (χ2v) is 3.04. The average molecular weight is 176 g/mol. The lowest BCUT2D eigenvalue weighted by atomic mass is 10.1. The summed E-state index contributed by atoms with van der Waals surface area (Å²) in [5, 5.41) is 9.96. The van der Waals surface area contributed by atoms with E-state index in [2.05, 4.69) is 4.98 Å². The van der Waals surface area contributed by atoms with Gasteiger partial charge in [0.2, 0.25) is 0 Å².